The van der Waals surface area contributed by atoms with E-state index in [9.17, 15) is 9.59 Å². The number of fused-ring (bicyclic) bond motifs is 1. The van der Waals surface area contributed by atoms with E-state index >= 15 is 0 Å². The van der Waals surface area contributed by atoms with Crippen molar-refractivity contribution in [3.63, 3.8) is 0 Å². The van der Waals surface area contributed by atoms with Crippen LogP contribution in [0.4, 0.5) is 0 Å². The first-order valence-electron chi connectivity index (χ1n) is 8.37. The van der Waals surface area contributed by atoms with E-state index in [4.69, 9.17) is 4.74 Å². The predicted molar refractivity (Wildman–Crippen MR) is 90.7 cm³/mol. The lowest BCUT2D eigenvalue weighted by molar-refractivity contribution is 0.0515. The first kappa shape index (κ1) is 17.8. The molecule has 1 aliphatic rings. The van der Waals surface area contributed by atoms with Gasteiger partial charge in [0.2, 0.25) is 0 Å². The Hall–Kier alpha value is -2.50. The van der Waals surface area contributed by atoms with Crippen molar-refractivity contribution in [1.82, 2.24) is 14.8 Å². The molecule has 0 amide bonds. The number of pyridine rings is 1. The molecular weight excluding hydrogens is 306 g/mol. The van der Waals surface area contributed by atoms with Gasteiger partial charge in [0.1, 0.15) is 0 Å². The molecule has 0 spiro atoms. The molecule has 2 aromatic heterocycles. The van der Waals surface area contributed by atoms with Gasteiger partial charge in [0, 0.05) is 12.6 Å². The van der Waals surface area contributed by atoms with Gasteiger partial charge < -0.3 is 4.74 Å². The lowest BCUT2D eigenvalue weighted by Crippen LogP contribution is -2.16. The van der Waals surface area contributed by atoms with Crippen molar-refractivity contribution in [2.45, 2.75) is 47.0 Å². The minimum absolute atomic E-state index is 0.0526. The third-order valence-electron chi connectivity index (χ3n) is 3.66. The van der Waals surface area contributed by atoms with Crippen LogP contribution in [0.3, 0.4) is 0 Å². The van der Waals surface area contributed by atoms with Gasteiger partial charge >= 0.3 is 5.97 Å². The zero-order chi connectivity index (χ0) is 17.7. The van der Waals surface area contributed by atoms with Crippen LogP contribution >= 0.6 is 0 Å². The number of Topliss-reactive ketones (excluding diaryl/α,β-unsaturated/α-hetero) is 1. The molecular formula is C18H23N3O3. The first-order valence-corrected chi connectivity index (χ1v) is 8.37. The van der Waals surface area contributed by atoms with Crippen LogP contribution in [0.5, 0.6) is 0 Å². The number of nitrogens with zero attached hydrogens (tertiary/aromatic N) is 3. The van der Waals surface area contributed by atoms with Crippen LogP contribution < -0.4 is 0 Å². The van der Waals surface area contributed by atoms with Gasteiger partial charge in [-0.2, -0.15) is 5.10 Å². The van der Waals surface area contributed by atoms with Crippen molar-refractivity contribution in [3.8, 4) is 5.82 Å². The van der Waals surface area contributed by atoms with Crippen LogP contribution in [0.2, 0.25) is 0 Å². The van der Waals surface area contributed by atoms with E-state index in [0.29, 0.717) is 24.2 Å². The third-order valence-corrected chi connectivity index (χ3v) is 3.66. The highest BCUT2D eigenvalue weighted by molar-refractivity contribution is 6.07. The number of hydrogen-bond acceptors (Lipinski definition) is 5. The van der Waals surface area contributed by atoms with Crippen LogP contribution in [0.1, 0.15) is 65.7 Å². The highest BCUT2D eigenvalue weighted by Crippen LogP contribution is 2.27. The molecule has 2 heterocycles. The van der Waals surface area contributed by atoms with E-state index in [1.54, 1.807) is 17.8 Å². The number of rotatable bonds is 3. The summed E-state index contributed by atoms with van der Waals surface area (Å²) in [6.07, 6.45) is 3.58. The predicted octanol–water partition coefficient (Wildman–Crippen LogP) is 3.30. The average Bonchev–Trinajstić information content (AvgIpc) is 2.98. The molecule has 2 aromatic rings. The Morgan fingerprint density at radius 3 is 2.75 bits per heavy atom. The van der Waals surface area contributed by atoms with Crippen molar-refractivity contribution in [1.29, 1.82) is 0 Å². The highest BCUT2D eigenvalue weighted by atomic mass is 16.5. The van der Waals surface area contributed by atoms with Crippen molar-refractivity contribution in [3.05, 3.63) is 40.8 Å². The molecule has 0 radical (unpaired) electrons. The molecule has 1 aliphatic carbocycles. The summed E-state index contributed by atoms with van der Waals surface area (Å²) in [6.45, 7) is 7.93. The Balaban J connectivity index is 0.00000100. The summed E-state index contributed by atoms with van der Waals surface area (Å²) in [5.74, 6) is 0.00473. The van der Waals surface area contributed by atoms with E-state index in [1.165, 1.54) is 0 Å². The zero-order valence-electron chi connectivity index (χ0n) is 14.6. The fourth-order valence-electron chi connectivity index (χ4n) is 2.69. The zero-order valence-corrected chi connectivity index (χ0v) is 14.6. The standard InChI is InChI=1S/C16H17N3O3.C2H6/c1-3-22-16(21)15-14-11(5-4-6-12(14)20)19(18-15)13-9-10(2)7-8-17-13;1-2/h7-9H,3-6H2,1-2H3;1-2H3. The van der Waals surface area contributed by atoms with Gasteiger partial charge in [0.05, 0.1) is 17.9 Å². The van der Waals surface area contributed by atoms with Gasteiger partial charge in [-0.15, -0.1) is 0 Å². The second-order valence-electron chi connectivity index (χ2n) is 5.27. The Morgan fingerprint density at radius 1 is 1.33 bits per heavy atom. The lowest BCUT2D eigenvalue weighted by Gasteiger charge is -2.13. The number of esters is 1. The molecule has 0 atom stereocenters. The number of carbonyl (C=O) groups excluding carboxylic acids is 2. The monoisotopic (exact) mass is 329 g/mol. The number of ether oxygens (including phenoxy) is 1. The normalized spacial score (nSPS) is 12.9. The number of aromatic nitrogens is 3. The fraction of sp³-hybridized carbons (Fsp3) is 0.444. The Kier molecular flexibility index (Phi) is 5.84. The van der Waals surface area contributed by atoms with Crippen LogP contribution in [-0.2, 0) is 11.2 Å². The van der Waals surface area contributed by atoms with Crippen LogP contribution in [0.25, 0.3) is 5.82 Å². The van der Waals surface area contributed by atoms with Crippen molar-refractivity contribution < 1.29 is 14.3 Å². The van der Waals surface area contributed by atoms with Crippen LogP contribution in [0, 0.1) is 6.92 Å². The summed E-state index contributed by atoms with van der Waals surface area (Å²) in [7, 11) is 0. The number of carbonyl (C=O) groups is 2. The molecule has 0 saturated carbocycles. The van der Waals surface area contributed by atoms with E-state index in [0.717, 1.165) is 17.7 Å². The molecule has 0 fully saturated rings. The summed E-state index contributed by atoms with van der Waals surface area (Å²) in [6, 6.07) is 3.76. The Morgan fingerprint density at radius 2 is 2.08 bits per heavy atom. The average molecular weight is 329 g/mol. The number of hydrogen-bond donors (Lipinski definition) is 0. The minimum atomic E-state index is -0.555. The summed E-state index contributed by atoms with van der Waals surface area (Å²) in [5.41, 5.74) is 2.28. The third kappa shape index (κ3) is 3.37. The first-order chi connectivity index (χ1) is 11.6. The molecule has 0 aliphatic heterocycles. The number of aryl methyl sites for hydroxylation is 1. The fourth-order valence-corrected chi connectivity index (χ4v) is 2.69. The Labute approximate surface area is 141 Å². The molecule has 128 valence electrons. The lowest BCUT2D eigenvalue weighted by atomic mass is 9.94. The largest absolute Gasteiger partial charge is 0.461 e. The second kappa shape index (κ2) is 7.86. The van der Waals surface area contributed by atoms with Gasteiger partial charge in [-0.25, -0.2) is 14.5 Å². The maximum Gasteiger partial charge on any atom is 0.359 e. The molecule has 24 heavy (non-hydrogen) atoms. The van der Waals surface area contributed by atoms with Gasteiger partial charge in [-0.3, -0.25) is 4.79 Å². The van der Waals surface area contributed by atoms with E-state index in [-0.39, 0.29) is 18.1 Å². The molecule has 6 heteroatoms. The van der Waals surface area contributed by atoms with E-state index in [1.807, 2.05) is 32.9 Å². The molecule has 3 rings (SSSR count). The molecule has 0 bridgehead atoms. The van der Waals surface area contributed by atoms with Crippen molar-refractivity contribution >= 4 is 11.8 Å². The van der Waals surface area contributed by atoms with Gasteiger partial charge in [-0.1, -0.05) is 13.8 Å². The highest BCUT2D eigenvalue weighted by Gasteiger charge is 2.31. The Bertz CT molecular complexity index is 750. The number of ketones is 1. The SMILES string of the molecule is CC.CCOC(=O)c1nn(-c2cc(C)ccn2)c2c1C(=O)CCC2. The van der Waals surface area contributed by atoms with Gasteiger partial charge in [0.15, 0.2) is 17.3 Å². The van der Waals surface area contributed by atoms with Gasteiger partial charge in [0.25, 0.3) is 0 Å². The molecule has 0 unspecified atom stereocenters. The minimum Gasteiger partial charge on any atom is -0.461 e. The summed E-state index contributed by atoms with van der Waals surface area (Å²) >= 11 is 0. The smallest absolute Gasteiger partial charge is 0.359 e. The summed E-state index contributed by atoms with van der Waals surface area (Å²) < 4.78 is 6.63. The molecule has 0 N–H and O–H groups in total. The quantitative estimate of drug-likeness (QED) is 0.808. The topological polar surface area (TPSA) is 74.1 Å². The van der Waals surface area contributed by atoms with E-state index < -0.39 is 5.97 Å². The summed E-state index contributed by atoms with van der Waals surface area (Å²) in [5, 5.41) is 4.33. The maximum absolute atomic E-state index is 12.2. The van der Waals surface area contributed by atoms with Gasteiger partial charge in [-0.05, 0) is 44.4 Å². The van der Waals surface area contributed by atoms with E-state index in [2.05, 4.69) is 10.1 Å². The van der Waals surface area contributed by atoms with Crippen LogP contribution in [-0.4, -0.2) is 33.1 Å². The maximum atomic E-state index is 12.2. The van der Waals surface area contributed by atoms with Crippen molar-refractivity contribution in [2.24, 2.45) is 0 Å². The summed E-state index contributed by atoms with van der Waals surface area (Å²) in [4.78, 5) is 28.6. The molecule has 0 aromatic carbocycles. The van der Waals surface area contributed by atoms with Crippen LogP contribution in [0.15, 0.2) is 18.3 Å². The van der Waals surface area contributed by atoms with Crippen molar-refractivity contribution in [2.75, 3.05) is 6.61 Å². The molecule has 0 saturated heterocycles. The second-order valence-corrected chi connectivity index (χ2v) is 5.27. The molecule has 6 nitrogen and oxygen atoms in total.